The fourth-order valence-electron chi connectivity index (χ4n) is 4.41. The van der Waals surface area contributed by atoms with E-state index in [4.69, 9.17) is 9.15 Å². The number of hydrogen-bond donors (Lipinski definition) is 1. The molecule has 0 spiro atoms. The molecule has 1 amide bonds. The Labute approximate surface area is 215 Å². The van der Waals surface area contributed by atoms with Crippen LogP contribution < -0.4 is 5.32 Å². The van der Waals surface area contributed by atoms with Crippen molar-refractivity contribution in [2.45, 2.75) is 97.0 Å². The molecule has 1 aromatic heterocycles. The molecule has 1 fully saturated rings. The number of benzene rings is 1. The first-order chi connectivity index (χ1) is 17.3. The summed E-state index contributed by atoms with van der Waals surface area (Å²) in [5.41, 5.74) is 1.50. The predicted molar refractivity (Wildman–Crippen MR) is 141 cm³/mol. The summed E-state index contributed by atoms with van der Waals surface area (Å²) >= 11 is 0. The lowest BCUT2D eigenvalue weighted by molar-refractivity contribution is -0.154. The van der Waals surface area contributed by atoms with Gasteiger partial charge in [0.15, 0.2) is 5.69 Å². The largest absolute Gasteiger partial charge is 0.460 e. The van der Waals surface area contributed by atoms with Gasteiger partial charge in [-0.15, -0.1) is 0 Å². The fraction of sp³-hybridized carbons (Fsp3) is 0.567. The molecule has 194 valence electrons. The maximum Gasteiger partial charge on any atom is 0.306 e. The van der Waals surface area contributed by atoms with Crippen molar-refractivity contribution in [2.24, 2.45) is 5.92 Å². The van der Waals surface area contributed by atoms with Crippen LogP contribution in [0.15, 0.2) is 34.9 Å². The molecule has 2 aromatic rings. The maximum absolute atomic E-state index is 12.4. The Bertz CT molecular complexity index is 1030. The van der Waals surface area contributed by atoms with Crippen LogP contribution in [0, 0.1) is 17.8 Å². The van der Waals surface area contributed by atoms with E-state index in [1.165, 1.54) is 44.8 Å². The molecule has 1 N–H and O–H groups in total. The van der Waals surface area contributed by atoms with Crippen molar-refractivity contribution in [3.8, 4) is 23.3 Å². The number of esters is 1. The number of carbonyl (C=O) groups excluding carboxylic acids is 2. The van der Waals surface area contributed by atoms with Gasteiger partial charge in [0.1, 0.15) is 11.9 Å². The van der Waals surface area contributed by atoms with E-state index >= 15 is 0 Å². The summed E-state index contributed by atoms with van der Waals surface area (Å²) in [6.45, 7) is 6.26. The van der Waals surface area contributed by atoms with E-state index in [2.05, 4.69) is 22.1 Å². The highest BCUT2D eigenvalue weighted by atomic mass is 16.6. The van der Waals surface area contributed by atoms with E-state index in [0.29, 0.717) is 37.4 Å². The van der Waals surface area contributed by atoms with Crippen molar-refractivity contribution in [3.63, 3.8) is 0 Å². The summed E-state index contributed by atoms with van der Waals surface area (Å²) in [5, 5.41) is 2.95. The molecular weight excluding hydrogens is 452 g/mol. The van der Waals surface area contributed by atoms with Crippen molar-refractivity contribution in [2.75, 3.05) is 6.54 Å². The van der Waals surface area contributed by atoms with Gasteiger partial charge >= 0.3 is 5.97 Å². The molecule has 6 heteroatoms. The molecule has 6 nitrogen and oxygen atoms in total. The number of oxazole rings is 1. The lowest BCUT2D eigenvalue weighted by atomic mass is 9.86. The Hall–Kier alpha value is -3.07. The Balaban J connectivity index is 1.38. The van der Waals surface area contributed by atoms with Crippen molar-refractivity contribution in [3.05, 3.63) is 41.8 Å². The molecule has 1 saturated carbocycles. The minimum Gasteiger partial charge on any atom is -0.460 e. The number of nitrogens with one attached hydrogen (secondary N) is 1. The molecule has 1 heterocycles. The summed E-state index contributed by atoms with van der Waals surface area (Å²) in [6.07, 6.45) is 13.4. The lowest BCUT2D eigenvalue weighted by Crippen LogP contribution is -2.24. The van der Waals surface area contributed by atoms with Crippen molar-refractivity contribution in [1.82, 2.24) is 10.3 Å². The van der Waals surface area contributed by atoms with Crippen LogP contribution in [0.3, 0.4) is 0 Å². The van der Waals surface area contributed by atoms with E-state index in [0.717, 1.165) is 29.9 Å². The number of unbranched alkanes of at least 4 members (excludes halogenated alkanes) is 2. The van der Waals surface area contributed by atoms with E-state index in [1.54, 1.807) is 0 Å². The highest BCUT2D eigenvalue weighted by molar-refractivity contribution is 5.92. The molecule has 1 aliphatic rings. The van der Waals surface area contributed by atoms with Crippen molar-refractivity contribution < 1.29 is 18.7 Å². The van der Waals surface area contributed by atoms with Crippen LogP contribution in [0.5, 0.6) is 0 Å². The van der Waals surface area contributed by atoms with Crippen LogP contribution in [0.1, 0.15) is 107 Å². The molecule has 0 unspecified atom stereocenters. The molecule has 0 atom stereocenters. The standard InChI is InChI=1S/C30H40N2O4/c1-30(2,3)36-27(33)16-9-5-8-14-24-17-19-25(20-18-24)29-32-26(22-35-29)28(34)31-21-11-10-15-23-12-6-4-7-13-23/h17-20,22-23H,4-7,9-13,15-16,21H2,1-3H3,(H,31,34). The summed E-state index contributed by atoms with van der Waals surface area (Å²) < 4.78 is 10.8. The van der Waals surface area contributed by atoms with Crippen molar-refractivity contribution >= 4 is 11.9 Å². The Morgan fingerprint density at radius 2 is 1.83 bits per heavy atom. The zero-order valence-corrected chi connectivity index (χ0v) is 22.0. The Kier molecular flexibility index (Phi) is 10.6. The topological polar surface area (TPSA) is 81.4 Å². The second-order valence-electron chi connectivity index (χ2n) is 10.6. The second-order valence-corrected chi connectivity index (χ2v) is 10.6. The number of ether oxygens (including phenoxy) is 1. The number of amides is 1. The molecule has 0 aliphatic heterocycles. The first kappa shape index (κ1) is 27.5. The first-order valence-corrected chi connectivity index (χ1v) is 13.3. The van der Waals surface area contributed by atoms with E-state index < -0.39 is 5.60 Å². The van der Waals surface area contributed by atoms with Gasteiger partial charge < -0.3 is 14.5 Å². The Morgan fingerprint density at radius 1 is 1.08 bits per heavy atom. The fourth-order valence-corrected chi connectivity index (χ4v) is 4.41. The summed E-state index contributed by atoms with van der Waals surface area (Å²) in [7, 11) is 0. The van der Waals surface area contributed by atoms with Crippen molar-refractivity contribution in [1.29, 1.82) is 0 Å². The van der Waals surface area contributed by atoms with Gasteiger partial charge in [0.25, 0.3) is 5.91 Å². The van der Waals surface area contributed by atoms with Crippen LogP contribution in [-0.4, -0.2) is 29.0 Å². The molecule has 1 aliphatic carbocycles. The smallest absolute Gasteiger partial charge is 0.306 e. The van der Waals surface area contributed by atoms with Gasteiger partial charge in [0, 0.05) is 30.5 Å². The monoisotopic (exact) mass is 492 g/mol. The molecule has 0 bridgehead atoms. The minimum atomic E-state index is -0.453. The number of carbonyl (C=O) groups is 2. The van der Waals surface area contributed by atoms with Crippen LogP contribution in [0.2, 0.25) is 0 Å². The van der Waals surface area contributed by atoms with Gasteiger partial charge in [-0.05, 0) is 63.8 Å². The zero-order chi connectivity index (χ0) is 25.8. The first-order valence-electron chi connectivity index (χ1n) is 13.3. The highest BCUT2D eigenvalue weighted by Crippen LogP contribution is 2.27. The number of hydrogen-bond acceptors (Lipinski definition) is 5. The van der Waals surface area contributed by atoms with Gasteiger partial charge in [0.05, 0.1) is 0 Å². The number of rotatable bonds is 10. The minimum absolute atomic E-state index is 0.192. The number of nitrogens with zero attached hydrogens (tertiary/aromatic N) is 1. The normalized spacial score (nSPS) is 14.1. The molecular formula is C30H40N2O4. The van der Waals surface area contributed by atoms with Gasteiger partial charge in [0.2, 0.25) is 5.89 Å². The van der Waals surface area contributed by atoms with Crippen LogP contribution in [0.4, 0.5) is 0 Å². The highest BCUT2D eigenvalue weighted by Gasteiger charge is 2.16. The molecule has 3 rings (SSSR count). The molecule has 1 aromatic carbocycles. The average molecular weight is 493 g/mol. The third-order valence-electron chi connectivity index (χ3n) is 6.25. The van der Waals surface area contributed by atoms with Gasteiger partial charge in [-0.25, -0.2) is 4.98 Å². The number of aromatic nitrogens is 1. The quantitative estimate of drug-likeness (QED) is 0.227. The summed E-state index contributed by atoms with van der Waals surface area (Å²) in [5.74, 6) is 7.11. The third kappa shape index (κ3) is 9.89. The van der Waals surface area contributed by atoms with Gasteiger partial charge in [-0.3, -0.25) is 9.59 Å². The molecule has 0 saturated heterocycles. The van der Waals surface area contributed by atoms with Crippen LogP contribution in [0.25, 0.3) is 11.5 Å². The van der Waals surface area contributed by atoms with Crippen LogP contribution in [-0.2, 0) is 9.53 Å². The third-order valence-corrected chi connectivity index (χ3v) is 6.25. The second kappa shape index (κ2) is 13.9. The SMILES string of the molecule is CC(C)(C)OC(=O)CCCC#Cc1ccc(-c2nc(C(=O)NCCCCC3CCCCC3)co2)cc1. The lowest BCUT2D eigenvalue weighted by Gasteiger charge is -2.21. The molecule has 0 radical (unpaired) electrons. The van der Waals surface area contributed by atoms with Crippen LogP contribution >= 0.6 is 0 Å². The van der Waals surface area contributed by atoms with E-state index in [1.807, 2.05) is 45.0 Å². The zero-order valence-electron chi connectivity index (χ0n) is 22.0. The van der Waals surface area contributed by atoms with Gasteiger partial charge in [-0.2, -0.15) is 0 Å². The predicted octanol–water partition coefficient (Wildman–Crippen LogP) is 6.69. The maximum atomic E-state index is 12.4. The van der Waals surface area contributed by atoms with E-state index in [-0.39, 0.29) is 11.9 Å². The summed E-state index contributed by atoms with van der Waals surface area (Å²) in [4.78, 5) is 28.5. The van der Waals surface area contributed by atoms with Gasteiger partial charge in [-0.1, -0.05) is 56.8 Å². The van der Waals surface area contributed by atoms with E-state index in [9.17, 15) is 9.59 Å². The molecule has 36 heavy (non-hydrogen) atoms. The Morgan fingerprint density at radius 3 is 2.56 bits per heavy atom. The average Bonchev–Trinajstić information content (AvgIpc) is 3.34. The summed E-state index contributed by atoms with van der Waals surface area (Å²) in [6, 6.07) is 7.55.